The molecule has 0 bridgehead atoms. The molecule has 3 heterocycles. The molecule has 9 heteroatoms. The van der Waals surface area contributed by atoms with Gasteiger partial charge in [0.15, 0.2) is 0 Å². The Hall–Kier alpha value is -2.57. The molecule has 4 rings (SSSR count). The van der Waals surface area contributed by atoms with Crippen LogP contribution in [-0.2, 0) is 17.4 Å². The highest BCUT2D eigenvalue weighted by molar-refractivity contribution is 7.08. The molecule has 32 heavy (non-hydrogen) atoms. The van der Waals surface area contributed by atoms with E-state index in [-0.39, 0.29) is 23.8 Å². The predicted molar refractivity (Wildman–Crippen MR) is 115 cm³/mol. The van der Waals surface area contributed by atoms with Gasteiger partial charge in [-0.2, -0.15) is 29.8 Å². The molecule has 5 nitrogen and oxygen atoms in total. The first kappa shape index (κ1) is 22.6. The van der Waals surface area contributed by atoms with Crippen LogP contribution in [-0.4, -0.2) is 48.7 Å². The van der Waals surface area contributed by atoms with Crippen LogP contribution in [0.25, 0.3) is 0 Å². The van der Waals surface area contributed by atoms with Crippen molar-refractivity contribution < 1.29 is 23.1 Å². The zero-order valence-electron chi connectivity index (χ0n) is 17.4. The monoisotopic (exact) mass is 463 g/mol. The minimum absolute atomic E-state index is 0.0538. The van der Waals surface area contributed by atoms with Crippen molar-refractivity contribution in [2.24, 2.45) is 11.3 Å². The van der Waals surface area contributed by atoms with Crippen LogP contribution < -0.4 is 4.90 Å². The molecule has 2 aliphatic heterocycles. The number of halogens is 3. The number of thiophene rings is 1. The lowest BCUT2D eigenvalue weighted by atomic mass is 9.71. The summed E-state index contributed by atoms with van der Waals surface area (Å²) in [5.41, 5.74) is -0.177. The van der Waals surface area contributed by atoms with Crippen LogP contribution >= 0.6 is 11.3 Å². The molecule has 2 aliphatic rings. The average molecular weight is 464 g/mol. The standard InChI is InChI=1S/C23H24F3N3O2S/c24-23(25,26)20-10-19(2-1-17(20)11-27)29-12-18(13-30)22(15-29)4-6-28(7-5-22)21(31)9-16-3-8-32-14-16/h1-3,8,10,14,18,30H,4-7,9,12-13,15H2. The van der Waals surface area contributed by atoms with E-state index in [1.807, 2.05) is 26.6 Å². The van der Waals surface area contributed by atoms with Gasteiger partial charge < -0.3 is 14.9 Å². The number of benzene rings is 1. The molecule has 1 amide bonds. The molecule has 170 valence electrons. The number of hydrogen-bond donors (Lipinski definition) is 1. The molecule has 0 saturated carbocycles. The van der Waals surface area contributed by atoms with E-state index >= 15 is 0 Å². The van der Waals surface area contributed by atoms with Gasteiger partial charge in [-0.1, -0.05) is 0 Å². The Morgan fingerprint density at radius 2 is 2.03 bits per heavy atom. The van der Waals surface area contributed by atoms with Gasteiger partial charge in [0, 0.05) is 44.4 Å². The molecule has 1 unspecified atom stereocenters. The molecule has 0 aliphatic carbocycles. The second kappa shape index (κ2) is 8.75. The number of carbonyl (C=O) groups excluding carboxylic acids is 1. The number of aliphatic hydroxyl groups excluding tert-OH is 1. The summed E-state index contributed by atoms with van der Waals surface area (Å²) < 4.78 is 40.2. The summed E-state index contributed by atoms with van der Waals surface area (Å²) in [6.45, 7) is 2.07. The molecule has 1 aromatic carbocycles. The second-order valence-corrected chi connectivity index (χ2v) is 9.43. The summed E-state index contributed by atoms with van der Waals surface area (Å²) in [6, 6.07) is 7.34. The Balaban J connectivity index is 1.48. The number of likely N-dealkylation sites (tertiary alicyclic amines) is 1. The zero-order valence-corrected chi connectivity index (χ0v) is 18.3. The number of amides is 1. The Labute approximate surface area is 188 Å². The Morgan fingerprint density at radius 3 is 2.62 bits per heavy atom. The van der Waals surface area contributed by atoms with Crippen molar-refractivity contribution in [3.8, 4) is 6.07 Å². The third-order valence-electron chi connectivity index (χ3n) is 6.87. The third-order valence-corrected chi connectivity index (χ3v) is 7.61. The number of carbonyl (C=O) groups is 1. The minimum atomic E-state index is -4.61. The number of aliphatic hydroxyl groups is 1. The number of piperidine rings is 1. The van der Waals surface area contributed by atoms with E-state index in [1.165, 1.54) is 6.07 Å². The lowest BCUT2D eigenvalue weighted by Crippen LogP contribution is -2.47. The first-order valence-corrected chi connectivity index (χ1v) is 11.5. The number of hydrogen-bond acceptors (Lipinski definition) is 5. The largest absolute Gasteiger partial charge is 0.417 e. The first-order valence-electron chi connectivity index (χ1n) is 10.5. The molecule has 2 saturated heterocycles. The van der Waals surface area contributed by atoms with Crippen LogP contribution in [0.4, 0.5) is 18.9 Å². The maximum absolute atomic E-state index is 13.4. The summed E-state index contributed by atoms with van der Waals surface area (Å²) in [6.07, 6.45) is -2.83. The number of alkyl halides is 3. The van der Waals surface area contributed by atoms with Crippen molar-refractivity contribution in [2.75, 3.05) is 37.7 Å². The molecule has 2 fully saturated rings. The van der Waals surface area contributed by atoms with Crippen molar-refractivity contribution >= 4 is 22.9 Å². The van der Waals surface area contributed by atoms with E-state index in [0.29, 0.717) is 51.1 Å². The quantitative estimate of drug-likeness (QED) is 0.747. The first-order chi connectivity index (χ1) is 15.3. The fourth-order valence-electron chi connectivity index (χ4n) is 4.99. The van der Waals surface area contributed by atoms with Crippen LogP contribution in [0.2, 0.25) is 0 Å². The highest BCUT2D eigenvalue weighted by atomic mass is 32.1. The summed E-state index contributed by atoms with van der Waals surface area (Å²) >= 11 is 1.56. The summed E-state index contributed by atoms with van der Waals surface area (Å²) in [5.74, 6) is -0.00262. The Morgan fingerprint density at radius 1 is 1.28 bits per heavy atom. The van der Waals surface area contributed by atoms with Crippen molar-refractivity contribution in [1.29, 1.82) is 5.26 Å². The summed E-state index contributed by atoms with van der Waals surface area (Å²) in [5, 5.41) is 23.0. The Bertz CT molecular complexity index is 1010. The normalized spacial score (nSPS) is 20.5. The summed E-state index contributed by atoms with van der Waals surface area (Å²) in [7, 11) is 0. The van der Waals surface area contributed by atoms with E-state index in [0.717, 1.165) is 11.6 Å². The molecule has 1 N–H and O–H groups in total. The van der Waals surface area contributed by atoms with E-state index in [9.17, 15) is 23.1 Å². The van der Waals surface area contributed by atoms with E-state index < -0.39 is 17.3 Å². The van der Waals surface area contributed by atoms with Crippen LogP contribution in [0.15, 0.2) is 35.0 Å². The van der Waals surface area contributed by atoms with Gasteiger partial charge in [0.1, 0.15) is 0 Å². The van der Waals surface area contributed by atoms with Gasteiger partial charge in [0.2, 0.25) is 5.91 Å². The SMILES string of the molecule is N#Cc1ccc(N2CC(CO)C3(CCN(C(=O)Cc4ccsc4)CC3)C2)cc1C(F)(F)F. The molecule has 0 radical (unpaired) electrons. The topological polar surface area (TPSA) is 67.6 Å². The van der Waals surface area contributed by atoms with Crippen LogP contribution in [0.3, 0.4) is 0 Å². The highest BCUT2D eigenvalue weighted by Crippen LogP contribution is 2.46. The van der Waals surface area contributed by atoms with Gasteiger partial charge in [0.25, 0.3) is 0 Å². The zero-order chi connectivity index (χ0) is 22.9. The maximum Gasteiger partial charge on any atom is 0.417 e. The van der Waals surface area contributed by atoms with E-state index in [4.69, 9.17) is 5.26 Å². The molecular weight excluding hydrogens is 439 g/mol. The minimum Gasteiger partial charge on any atom is -0.396 e. The van der Waals surface area contributed by atoms with Gasteiger partial charge in [-0.25, -0.2) is 0 Å². The molecule has 1 aromatic heterocycles. The predicted octanol–water partition coefficient (Wildman–Crippen LogP) is 3.92. The second-order valence-electron chi connectivity index (χ2n) is 8.65. The highest BCUT2D eigenvalue weighted by Gasteiger charge is 2.48. The number of rotatable bonds is 4. The van der Waals surface area contributed by atoms with E-state index in [1.54, 1.807) is 23.5 Å². The van der Waals surface area contributed by atoms with Gasteiger partial charge in [-0.15, -0.1) is 0 Å². The van der Waals surface area contributed by atoms with Crippen molar-refractivity contribution in [3.63, 3.8) is 0 Å². The van der Waals surface area contributed by atoms with Gasteiger partial charge in [0.05, 0.1) is 23.6 Å². The molecule has 1 spiro atoms. The maximum atomic E-state index is 13.4. The van der Waals surface area contributed by atoms with Gasteiger partial charge in [-0.3, -0.25) is 4.79 Å². The van der Waals surface area contributed by atoms with Gasteiger partial charge >= 0.3 is 6.18 Å². The van der Waals surface area contributed by atoms with E-state index in [2.05, 4.69) is 0 Å². The average Bonchev–Trinajstić information content (AvgIpc) is 3.41. The van der Waals surface area contributed by atoms with Crippen LogP contribution in [0.1, 0.15) is 29.5 Å². The summed E-state index contributed by atoms with van der Waals surface area (Å²) in [4.78, 5) is 16.4. The smallest absolute Gasteiger partial charge is 0.396 e. The third kappa shape index (κ3) is 4.34. The Kier molecular flexibility index (Phi) is 6.19. The van der Waals surface area contributed by atoms with Crippen LogP contribution in [0, 0.1) is 22.7 Å². The number of anilines is 1. The van der Waals surface area contributed by atoms with Gasteiger partial charge in [-0.05, 0) is 58.8 Å². The molecular formula is C23H24F3N3O2S. The number of nitriles is 1. The lowest BCUT2D eigenvalue weighted by Gasteiger charge is -2.42. The van der Waals surface area contributed by atoms with Crippen molar-refractivity contribution in [2.45, 2.75) is 25.4 Å². The van der Waals surface area contributed by atoms with Crippen molar-refractivity contribution in [1.82, 2.24) is 4.90 Å². The van der Waals surface area contributed by atoms with Crippen molar-refractivity contribution in [3.05, 3.63) is 51.7 Å². The number of nitrogens with zero attached hydrogens (tertiary/aromatic N) is 3. The lowest BCUT2D eigenvalue weighted by molar-refractivity contribution is -0.137. The fourth-order valence-corrected chi connectivity index (χ4v) is 5.66. The fraction of sp³-hybridized carbons (Fsp3) is 0.478. The molecule has 1 atom stereocenters. The molecule has 2 aromatic rings. The van der Waals surface area contributed by atoms with Crippen LogP contribution in [0.5, 0.6) is 0 Å².